The molecule has 5 heteroatoms. The van der Waals surface area contributed by atoms with Gasteiger partial charge >= 0.3 is 5.97 Å². The van der Waals surface area contributed by atoms with Crippen LogP contribution in [0, 0.1) is 5.41 Å². The van der Waals surface area contributed by atoms with Crippen LogP contribution in [-0.2, 0) is 4.79 Å². The highest BCUT2D eigenvalue weighted by atomic mass is 32.2. The van der Waals surface area contributed by atoms with Gasteiger partial charge in [0, 0.05) is 6.42 Å². The molecule has 19 heavy (non-hydrogen) atoms. The van der Waals surface area contributed by atoms with Crippen molar-refractivity contribution in [3.05, 3.63) is 0 Å². The lowest BCUT2D eigenvalue weighted by Gasteiger charge is -2.37. The highest BCUT2D eigenvalue weighted by Gasteiger charge is 2.44. The summed E-state index contributed by atoms with van der Waals surface area (Å²) >= 11 is 1.41. The Bertz CT molecular complexity index is 295. The van der Waals surface area contributed by atoms with E-state index in [2.05, 4.69) is 0 Å². The van der Waals surface area contributed by atoms with Crippen LogP contribution in [0.4, 0.5) is 8.78 Å². The standard InChI is InChI=1S/C14H26F2O2S/c1-12(2,3)14(5,11(17)18)19-10-8-6-7-9-13(4,15)16/h6-10H2,1-5H3,(H,17,18). The number of hydrogen-bond donors (Lipinski definition) is 1. The smallest absolute Gasteiger partial charge is 0.320 e. The van der Waals surface area contributed by atoms with Crippen LogP contribution in [-0.4, -0.2) is 27.5 Å². The zero-order valence-corrected chi connectivity index (χ0v) is 13.4. The van der Waals surface area contributed by atoms with Crippen LogP contribution >= 0.6 is 11.8 Å². The third-order valence-electron chi connectivity index (χ3n) is 3.49. The van der Waals surface area contributed by atoms with Gasteiger partial charge < -0.3 is 5.11 Å². The number of alkyl halides is 2. The molecule has 0 aliphatic carbocycles. The third kappa shape index (κ3) is 6.59. The van der Waals surface area contributed by atoms with Gasteiger partial charge in [0.25, 0.3) is 0 Å². The fourth-order valence-corrected chi connectivity index (χ4v) is 2.90. The number of rotatable bonds is 8. The fourth-order valence-electron chi connectivity index (χ4n) is 1.59. The quantitative estimate of drug-likeness (QED) is 0.652. The van der Waals surface area contributed by atoms with Crippen molar-refractivity contribution in [3.63, 3.8) is 0 Å². The number of aliphatic carboxylic acids is 1. The molecule has 2 nitrogen and oxygen atoms in total. The largest absolute Gasteiger partial charge is 0.480 e. The Morgan fingerprint density at radius 3 is 1.95 bits per heavy atom. The molecule has 0 saturated carbocycles. The van der Waals surface area contributed by atoms with Gasteiger partial charge in [-0.2, -0.15) is 0 Å². The van der Waals surface area contributed by atoms with Gasteiger partial charge in [0.15, 0.2) is 0 Å². The van der Waals surface area contributed by atoms with E-state index in [1.54, 1.807) is 6.92 Å². The van der Waals surface area contributed by atoms with E-state index in [0.29, 0.717) is 12.2 Å². The maximum absolute atomic E-state index is 12.6. The van der Waals surface area contributed by atoms with Crippen molar-refractivity contribution in [3.8, 4) is 0 Å². The Hall–Kier alpha value is -0.320. The molecule has 0 heterocycles. The number of thioether (sulfide) groups is 1. The van der Waals surface area contributed by atoms with Crippen molar-refractivity contribution in [1.82, 2.24) is 0 Å². The summed E-state index contributed by atoms with van der Waals surface area (Å²) in [5, 5.41) is 9.36. The Labute approximate surface area is 119 Å². The molecule has 0 rings (SSSR count). The van der Waals surface area contributed by atoms with Gasteiger partial charge in [-0.05, 0) is 37.9 Å². The van der Waals surface area contributed by atoms with Crippen LogP contribution in [0.15, 0.2) is 0 Å². The van der Waals surface area contributed by atoms with E-state index in [1.165, 1.54) is 11.8 Å². The molecule has 0 aromatic heterocycles. The van der Waals surface area contributed by atoms with Crippen LogP contribution in [0.3, 0.4) is 0 Å². The second kappa shape index (κ2) is 6.91. The van der Waals surface area contributed by atoms with Crippen molar-refractivity contribution in [2.75, 3.05) is 5.75 Å². The average Bonchev–Trinajstić information content (AvgIpc) is 2.19. The summed E-state index contributed by atoms with van der Waals surface area (Å²) in [6, 6.07) is 0. The number of carboxylic acid groups (broad SMARTS) is 1. The zero-order chi connectivity index (χ0) is 15.3. The normalized spacial score (nSPS) is 16.2. The Balaban J connectivity index is 4.08. The zero-order valence-electron chi connectivity index (χ0n) is 12.6. The van der Waals surface area contributed by atoms with Gasteiger partial charge in [-0.1, -0.05) is 27.2 Å². The first-order chi connectivity index (χ1) is 8.40. The Morgan fingerprint density at radius 2 is 1.58 bits per heavy atom. The van der Waals surface area contributed by atoms with Crippen LogP contribution in [0.1, 0.15) is 60.3 Å². The molecular weight excluding hydrogens is 270 g/mol. The summed E-state index contributed by atoms with van der Waals surface area (Å²) in [5.41, 5.74) is -0.347. The Kier molecular flexibility index (Phi) is 6.79. The maximum Gasteiger partial charge on any atom is 0.320 e. The minimum Gasteiger partial charge on any atom is -0.480 e. The van der Waals surface area contributed by atoms with E-state index < -0.39 is 16.6 Å². The molecule has 1 atom stereocenters. The first-order valence-electron chi connectivity index (χ1n) is 6.65. The van der Waals surface area contributed by atoms with Gasteiger partial charge in [0.1, 0.15) is 4.75 Å². The molecule has 0 aliphatic heterocycles. The molecule has 0 aromatic carbocycles. The van der Waals surface area contributed by atoms with Gasteiger partial charge in [0.2, 0.25) is 5.92 Å². The summed E-state index contributed by atoms with van der Waals surface area (Å²) in [7, 11) is 0. The van der Waals surface area contributed by atoms with Crippen LogP contribution in [0.2, 0.25) is 0 Å². The summed E-state index contributed by atoms with van der Waals surface area (Å²) in [6.45, 7) is 8.40. The minimum absolute atomic E-state index is 0.0901. The average molecular weight is 296 g/mol. The molecule has 114 valence electrons. The molecule has 0 radical (unpaired) electrons. The van der Waals surface area contributed by atoms with Crippen LogP contribution in [0.5, 0.6) is 0 Å². The summed E-state index contributed by atoms with van der Waals surface area (Å²) in [6.07, 6.45) is 1.90. The first-order valence-corrected chi connectivity index (χ1v) is 7.64. The van der Waals surface area contributed by atoms with Crippen molar-refractivity contribution < 1.29 is 18.7 Å². The summed E-state index contributed by atoms with van der Waals surface area (Å²) in [5.74, 6) is -2.71. The molecule has 0 spiro atoms. The number of hydrogen-bond acceptors (Lipinski definition) is 2. The number of carbonyl (C=O) groups is 1. The molecular formula is C14H26F2O2S. The van der Waals surface area contributed by atoms with E-state index in [0.717, 1.165) is 19.8 Å². The van der Waals surface area contributed by atoms with Gasteiger partial charge in [-0.25, -0.2) is 8.78 Å². The number of carboxylic acids is 1. The second-order valence-corrected chi connectivity index (χ2v) is 7.83. The topological polar surface area (TPSA) is 37.3 Å². The van der Waals surface area contributed by atoms with Crippen molar-refractivity contribution in [2.45, 2.75) is 71.0 Å². The van der Waals surface area contributed by atoms with E-state index in [9.17, 15) is 18.7 Å². The van der Waals surface area contributed by atoms with E-state index in [4.69, 9.17) is 0 Å². The monoisotopic (exact) mass is 296 g/mol. The fraction of sp³-hybridized carbons (Fsp3) is 0.929. The lowest BCUT2D eigenvalue weighted by Crippen LogP contribution is -2.44. The van der Waals surface area contributed by atoms with Gasteiger partial charge in [-0.15, -0.1) is 11.8 Å². The lowest BCUT2D eigenvalue weighted by atomic mass is 9.81. The highest BCUT2D eigenvalue weighted by molar-refractivity contribution is 8.01. The predicted octanol–water partition coefficient (Wildman–Crippen LogP) is 4.82. The maximum atomic E-state index is 12.6. The number of halogens is 2. The van der Waals surface area contributed by atoms with Crippen molar-refractivity contribution >= 4 is 17.7 Å². The molecule has 1 unspecified atom stereocenters. The minimum atomic E-state index is -2.59. The van der Waals surface area contributed by atoms with Gasteiger partial charge in [0.05, 0.1) is 0 Å². The van der Waals surface area contributed by atoms with Crippen molar-refractivity contribution in [2.24, 2.45) is 5.41 Å². The molecule has 0 fully saturated rings. The lowest BCUT2D eigenvalue weighted by molar-refractivity contribution is -0.142. The first kappa shape index (κ1) is 18.7. The van der Waals surface area contributed by atoms with Crippen molar-refractivity contribution in [1.29, 1.82) is 0 Å². The van der Waals surface area contributed by atoms with Crippen LogP contribution < -0.4 is 0 Å². The molecule has 0 aliphatic rings. The number of unbranched alkanes of at least 4 members (excludes halogenated alkanes) is 2. The molecule has 0 bridgehead atoms. The molecule has 0 amide bonds. The highest BCUT2D eigenvalue weighted by Crippen LogP contribution is 2.42. The summed E-state index contributed by atoms with van der Waals surface area (Å²) in [4.78, 5) is 11.4. The van der Waals surface area contributed by atoms with E-state index >= 15 is 0 Å². The molecule has 0 saturated heterocycles. The molecule has 0 aromatic rings. The molecule has 1 N–H and O–H groups in total. The Morgan fingerprint density at radius 1 is 1.05 bits per heavy atom. The predicted molar refractivity (Wildman–Crippen MR) is 77.0 cm³/mol. The SMILES string of the molecule is CC(F)(F)CCCCCSC(C)(C(=O)O)C(C)(C)C. The van der Waals surface area contributed by atoms with Gasteiger partial charge in [-0.3, -0.25) is 4.79 Å². The summed E-state index contributed by atoms with van der Waals surface area (Å²) < 4.78 is 24.4. The van der Waals surface area contributed by atoms with E-state index in [-0.39, 0.29) is 11.8 Å². The second-order valence-electron chi connectivity index (χ2n) is 6.32. The van der Waals surface area contributed by atoms with Crippen LogP contribution in [0.25, 0.3) is 0 Å². The third-order valence-corrected chi connectivity index (χ3v) is 5.35. The van der Waals surface area contributed by atoms with E-state index in [1.807, 2.05) is 20.8 Å².